The van der Waals surface area contributed by atoms with Crippen molar-refractivity contribution in [1.82, 2.24) is 9.97 Å². The number of aliphatic carboxylic acids is 1. The lowest BCUT2D eigenvalue weighted by Crippen LogP contribution is -2.26. The second kappa shape index (κ2) is 5.01. The quantitative estimate of drug-likeness (QED) is 0.909. The highest BCUT2D eigenvalue weighted by Gasteiger charge is 2.24. The van der Waals surface area contributed by atoms with E-state index < -0.39 is 12.0 Å². The zero-order chi connectivity index (χ0) is 14.3. The molecule has 2 heterocycles. The van der Waals surface area contributed by atoms with Gasteiger partial charge in [-0.05, 0) is 37.7 Å². The van der Waals surface area contributed by atoms with Crippen LogP contribution in [-0.2, 0) is 17.6 Å². The van der Waals surface area contributed by atoms with Gasteiger partial charge in [0.25, 0.3) is 0 Å². The number of carboxylic acids is 1. The molecule has 2 atom stereocenters. The SMILES string of the molecule is C[C@H]1CCc2c(sc3ncnc(N[C@H](C)C(=O)O)c23)C1. The number of fused-ring (bicyclic) bond motifs is 3. The third-order valence-corrected chi connectivity index (χ3v) is 4.98. The van der Waals surface area contributed by atoms with E-state index in [9.17, 15) is 4.79 Å². The van der Waals surface area contributed by atoms with E-state index in [0.717, 1.165) is 23.1 Å². The van der Waals surface area contributed by atoms with E-state index in [1.54, 1.807) is 18.3 Å². The van der Waals surface area contributed by atoms with Crippen molar-refractivity contribution in [2.24, 2.45) is 5.92 Å². The summed E-state index contributed by atoms with van der Waals surface area (Å²) in [5.74, 6) is 0.476. The van der Waals surface area contributed by atoms with Crippen LogP contribution in [0.5, 0.6) is 0 Å². The Morgan fingerprint density at radius 1 is 1.55 bits per heavy atom. The van der Waals surface area contributed by atoms with E-state index in [1.807, 2.05) is 0 Å². The van der Waals surface area contributed by atoms with Crippen LogP contribution in [-0.4, -0.2) is 27.1 Å². The molecule has 0 saturated carbocycles. The zero-order valence-corrected chi connectivity index (χ0v) is 12.3. The number of hydrogen-bond donors (Lipinski definition) is 2. The molecule has 0 spiro atoms. The van der Waals surface area contributed by atoms with Gasteiger partial charge in [-0.2, -0.15) is 0 Å². The van der Waals surface area contributed by atoms with Gasteiger partial charge in [-0.15, -0.1) is 11.3 Å². The average molecular weight is 291 g/mol. The Morgan fingerprint density at radius 3 is 3.10 bits per heavy atom. The molecule has 5 nitrogen and oxygen atoms in total. The summed E-state index contributed by atoms with van der Waals surface area (Å²) in [5, 5.41) is 13.0. The lowest BCUT2D eigenvalue weighted by atomic mass is 9.89. The number of rotatable bonds is 3. The van der Waals surface area contributed by atoms with Gasteiger partial charge in [0.15, 0.2) is 0 Å². The number of aryl methyl sites for hydroxylation is 1. The molecule has 2 N–H and O–H groups in total. The summed E-state index contributed by atoms with van der Waals surface area (Å²) in [4.78, 5) is 21.9. The first kappa shape index (κ1) is 13.3. The summed E-state index contributed by atoms with van der Waals surface area (Å²) in [6.07, 6.45) is 4.79. The number of anilines is 1. The summed E-state index contributed by atoms with van der Waals surface area (Å²) in [7, 11) is 0. The smallest absolute Gasteiger partial charge is 0.325 e. The van der Waals surface area contributed by atoms with E-state index >= 15 is 0 Å². The largest absolute Gasteiger partial charge is 0.480 e. The predicted molar refractivity (Wildman–Crippen MR) is 79.3 cm³/mol. The normalized spacial score (nSPS) is 19.6. The number of nitrogens with one attached hydrogen (secondary N) is 1. The highest BCUT2D eigenvalue weighted by atomic mass is 32.1. The molecule has 0 saturated heterocycles. The van der Waals surface area contributed by atoms with E-state index in [2.05, 4.69) is 22.2 Å². The third kappa shape index (κ3) is 2.24. The minimum absolute atomic E-state index is 0.650. The van der Waals surface area contributed by atoms with Gasteiger partial charge in [0.05, 0.1) is 5.39 Å². The summed E-state index contributed by atoms with van der Waals surface area (Å²) >= 11 is 1.71. The Hall–Kier alpha value is -1.69. The fourth-order valence-electron chi connectivity index (χ4n) is 2.65. The number of aromatic nitrogens is 2. The Kier molecular flexibility index (Phi) is 3.33. The molecule has 106 valence electrons. The van der Waals surface area contributed by atoms with Crippen molar-refractivity contribution < 1.29 is 9.90 Å². The van der Waals surface area contributed by atoms with Crippen LogP contribution in [0.15, 0.2) is 6.33 Å². The lowest BCUT2D eigenvalue weighted by Gasteiger charge is -2.18. The second-order valence-corrected chi connectivity index (χ2v) is 6.54. The highest BCUT2D eigenvalue weighted by Crippen LogP contribution is 2.39. The summed E-state index contributed by atoms with van der Waals surface area (Å²) in [5.41, 5.74) is 1.31. The minimum Gasteiger partial charge on any atom is -0.480 e. The van der Waals surface area contributed by atoms with Crippen LogP contribution in [0.4, 0.5) is 5.82 Å². The van der Waals surface area contributed by atoms with E-state index in [-0.39, 0.29) is 0 Å². The van der Waals surface area contributed by atoms with Crippen molar-refractivity contribution in [3.05, 3.63) is 16.8 Å². The van der Waals surface area contributed by atoms with Crippen molar-refractivity contribution in [1.29, 1.82) is 0 Å². The van der Waals surface area contributed by atoms with Crippen molar-refractivity contribution in [3.63, 3.8) is 0 Å². The molecule has 1 aliphatic rings. The fraction of sp³-hybridized carbons (Fsp3) is 0.500. The standard InChI is InChI=1S/C14H17N3O2S/c1-7-3-4-9-10(5-7)20-13-11(9)12(15-6-16-13)17-8(2)14(18)19/h6-8H,3-5H2,1-2H3,(H,18,19)(H,15,16,17)/t7-,8+/m0/s1. The van der Waals surface area contributed by atoms with Crippen LogP contribution in [0.1, 0.15) is 30.7 Å². The maximum atomic E-state index is 11.0. The molecular formula is C14H17N3O2S. The Balaban J connectivity index is 2.07. The maximum Gasteiger partial charge on any atom is 0.325 e. The molecule has 0 bridgehead atoms. The maximum absolute atomic E-state index is 11.0. The van der Waals surface area contributed by atoms with E-state index in [1.165, 1.54) is 23.2 Å². The zero-order valence-electron chi connectivity index (χ0n) is 11.5. The van der Waals surface area contributed by atoms with Crippen molar-refractivity contribution in [2.75, 3.05) is 5.32 Å². The molecular weight excluding hydrogens is 274 g/mol. The second-order valence-electron chi connectivity index (χ2n) is 5.46. The third-order valence-electron chi connectivity index (χ3n) is 3.82. The Morgan fingerprint density at radius 2 is 2.35 bits per heavy atom. The number of nitrogens with zero attached hydrogens (tertiary/aromatic N) is 2. The predicted octanol–water partition coefficient (Wildman–Crippen LogP) is 2.70. The number of hydrogen-bond acceptors (Lipinski definition) is 5. The van der Waals surface area contributed by atoms with Gasteiger partial charge in [0.1, 0.15) is 23.0 Å². The molecule has 2 aromatic rings. The molecule has 20 heavy (non-hydrogen) atoms. The average Bonchev–Trinajstić information content (AvgIpc) is 2.76. The summed E-state index contributed by atoms with van der Waals surface area (Å²) < 4.78 is 0. The number of carboxylic acid groups (broad SMARTS) is 1. The molecule has 0 unspecified atom stereocenters. The molecule has 6 heteroatoms. The Bertz CT molecular complexity index is 668. The fourth-order valence-corrected chi connectivity index (χ4v) is 4.00. The van der Waals surface area contributed by atoms with Crippen LogP contribution in [0.25, 0.3) is 10.2 Å². The van der Waals surface area contributed by atoms with Gasteiger partial charge in [-0.25, -0.2) is 9.97 Å². The van der Waals surface area contributed by atoms with E-state index in [4.69, 9.17) is 5.11 Å². The first-order valence-corrected chi connectivity index (χ1v) is 7.62. The topological polar surface area (TPSA) is 75.1 Å². The van der Waals surface area contributed by atoms with Gasteiger partial charge in [-0.3, -0.25) is 4.79 Å². The van der Waals surface area contributed by atoms with Gasteiger partial charge in [-0.1, -0.05) is 6.92 Å². The van der Waals surface area contributed by atoms with Crippen LogP contribution in [0, 0.1) is 5.92 Å². The molecule has 0 aliphatic heterocycles. The number of carbonyl (C=O) groups is 1. The van der Waals surface area contributed by atoms with Gasteiger partial charge in [0.2, 0.25) is 0 Å². The van der Waals surface area contributed by atoms with Crippen molar-refractivity contribution >= 4 is 33.3 Å². The molecule has 0 radical (unpaired) electrons. The molecule has 2 aromatic heterocycles. The molecule has 0 aromatic carbocycles. The van der Waals surface area contributed by atoms with Crippen LogP contribution in [0.2, 0.25) is 0 Å². The van der Waals surface area contributed by atoms with Crippen molar-refractivity contribution in [3.8, 4) is 0 Å². The van der Waals surface area contributed by atoms with Gasteiger partial charge < -0.3 is 10.4 Å². The highest BCUT2D eigenvalue weighted by molar-refractivity contribution is 7.19. The minimum atomic E-state index is -0.880. The van der Waals surface area contributed by atoms with E-state index in [0.29, 0.717) is 11.7 Å². The van der Waals surface area contributed by atoms with Crippen LogP contribution in [0.3, 0.4) is 0 Å². The summed E-state index contributed by atoms with van der Waals surface area (Å²) in [6.45, 7) is 3.89. The summed E-state index contributed by atoms with van der Waals surface area (Å²) in [6, 6.07) is -0.661. The molecule has 1 aliphatic carbocycles. The van der Waals surface area contributed by atoms with Crippen molar-refractivity contribution in [2.45, 2.75) is 39.2 Å². The molecule has 0 amide bonds. The lowest BCUT2D eigenvalue weighted by molar-refractivity contribution is -0.137. The first-order valence-electron chi connectivity index (χ1n) is 6.81. The van der Waals surface area contributed by atoms with Crippen LogP contribution >= 0.6 is 11.3 Å². The molecule has 3 rings (SSSR count). The number of thiophene rings is 1. The Labute approximate surface area is 121 Å². The van der Waals surface area contributed by atoms with Gasteiger partial charge >= 0.3 is 5.97 Å². The first-order chi connectivity index (χ1) is 9.56. The molecule has 0 fully saturated rings. The monoisotopic (exact) mass is 291 g/mol. The van der Waals surface area contributed by atoms with Gasteiger partial charge in [0, 0.05) is 4.88 Å². The van der Waals surface area contributed by atoms with Crippen LogP contribution < -0.4 is 5.32 Å².